The Balaban J connectivity index is 2.77. The lowest BCUT2D eigenvalue weighted by Gasteiger charge is -2.05. The molecular weight excluding hydrogens is 195 g/mol. The summed E-state index contributed by atoms with van der Waals surface area (Å²) in [6.07, 6.45) is -2.95. The molecule has 2 rings (SSSR count). The molecule has 6 heteroatoms. The minimum atomic E-state index is -4.39. The van der Waals surface area contributed by atoms with Gasteiger partial charge in [0, 0.05) is 6.20 Å². The monoisotopic (exact) mass is 201 g/mol. The Morgan fingerprint density at radius 1 is 1.36 bits per heavy atom. The van der Waals surface area contributed by atoms with Crippen LogP contribution in [-0.4, -0.2) is 14.6 Å². The Morgan fingerprint density at radius 3 is 2.71 bits per heavy atom. The van der Waals surface area contributed by atoms with Crippen molar-refractivity contribution in [3.63, 3.8) is 0 Å². The fourth-order valence-electron chi connectivity index (χ4n) is 1.23. The highest BCUT2D eigenvalue weighted by atomic mass is 19.4. The summed E-state index contributed by atoms with van der Waals surface area (Å²) in [5.74, 6) is 0.321. The van der Waals surface area contributed by atoms with Crippen molar-refractivity contribution in [2.24, 2.45) is 0 Å². The van der Waals surface area contributed by atoms with E-state index in [0.29, 0.717) is 5.82 Å². The van der Waals surface area contributed by atoms with E-state index in [4.69, 9.17) is 0 Å². The molecule has 0 unspecified atom stereocenters. The second-order valence-corrected chi connectivity index (χ2v) is 2.85. The number of fused-ring (bicyclic) bond motifs is 1. The van der Waals surface area contributed by atoms with E-state index in [1.807, 2.05) is 0 Å². The van der Waals surface area contributed by atoms with Crippen LogP contribution in [0, 0.1) is 6.92 Å². The quantitative estimate of drug-likeness (QED) is 0.653. The fraction of sp³-hybridized carbons (Fsp3) is 0.250. The standard InChI is InChI=1S/C8H6F3N3/c1-5-12-7-6(8(9,10)11)3-2-4-14(7)13-5/h2-4H,1H3. The van der Waals surface area contributed by atoms with Gasteiger partial charge < -0.3 is 0 Å². The van der Waals surface area contributed by atoms with Crippen molar-refractivity contribution in [2.75, 3.05) is 0 Å². The zero-order chi connectivity index (χ0) is 10.3. The Hall–Kier alpha value is -1.59. The average molecular weight is 201 g/mol. The molecule has 0 bridgehead atoms. The lowest BCUT2D eigenvalue weighted by atomic mass is 10.2. The molecular formula is C8H6F3N3. The van der Waals surface area contributed by atoms with E-state index in [9.17, 15) is 13.2 Å². The number of pyridine rings is 1. The van der Waals surface area contributed by atoms with Crippen LogP contribution in [-0.2, 0) is 6.18 Å². The number of halogens is 3. The van der Waals surface area contributed by atoms with Gasteiger partial charge in [0.2, 0.25) is 0 Å². The maximum atomic E-state index is 12.4. The number of hydrogen-bond acceptors (Lipinski definition) is 2. The number of aromatic nitrogens is 3. The Morgan fingerprint density at radius 2 is 2.07 bits per heavy atom. The Labute approximate surface area is 77.2 Å². The third kappa shape index (κ3) is 1.32. The van der Waals surface area contributed by atoms with Gasteiger partial charge in [-0.2, -0.15) is 18.3 Å². The number of alkyl halides is 3. The number of aryl methyl sites for hydroxylation is 1. The molecule has 14 heavy (non-hydrogen) atoms. The van der Waals surface area contributed by atoms with Crippen molar-refractivity contribution in [2.45, 2.75) is 13.1 Å². The van der Waals surface area contributed by atoms with Crippen molar-refractivity contribution in [3.05, 3.63) is 29.7 Å². The summed E-state index contributed by atoms with van der Waals surface area (Å²) >= 11 is 0. The molecule has 74 valence electrons. The molecule has 2 aromatic rings. The van der Waals surface area contributed by atoms with Gasteiger partial charge in [-0.15, -0.1) is 0 Å². The van der Waals surface area contributed by atoms with Gasteiger partial charge in [-0.05, 0) is 19.1 Å². The molecule has 0 atom stereocenters. The Kier molecular flexibility index (Phi) is 1.73. The number of hydrogen-bond donors (Lipinski definition) is 0. The summed E-state index contributed by atoms with van der Waals surface area (Å²) in [7, 11) is 0. The SMILES string of the molecule is Cc1nc2c(C(F)(F)F)cccn2n1. The molecule has 0 aliphatic rings. The van der Waals surface area contributed by atoms with Gasteiger partial charge in [0.25, 0.3) is 0 Å². The van der Waals surface area contributed by atoms with E-state index in [-0.39, 0.29) is 5.65 Å². The largest absolute Gasteiger partial charge is 0.420 e. The number of rotatable bonds is 0. The molecule has 0 amide bonds. The van der Waals surface area contributed by atoms with E-state index in [1.165, 1.54) is 12.3 Å². The van der Waals surface area contributed by atoms with Crippen molar-refractivity contribution in [3.8, 4) is 0 Å². The molecule has 0 spiro atoms. The fourth-order valence-corrected chi connectivity index (χ4v) is 1.23. The third-order valence-corrected chi connectivity index (χ3v) is 1.77. The van der Waals surface area contributed by atoms with Gasteiger partial charge in [-0.1, -0.05) is 0 Å². The third-order valence-electron chi connectivity index (χ3n) is 1.77. The highest BCUT2D eigenvalue weighted by Gasteiger charge is 2.33. The summed E-state index contributed by atoms with van der Waals surface area (Å²) in [4.78, 5) is 3.71. The average Bonchev–Trinajstić information content (AvgIpc) is 2.41. The van der Waals surface area contributed by atoms with E-state index in [2.05, 4.69) is 10.1 Å². The predicted octanol–water partition coefficient (Wildman–Crippen LogP) is 2.06. The van der Waals surface area contributed by atoms with Crippen LogP contribution in [0.5, 0.6) is 0 Å². The summed E-state index contributed by atoms with van der Waals surface area (Å²) < 4.78 is 38.5. The van der Waals surface area contributed by atoms with Crippen LogP contribution in [0.25, 0.3) is 5.65 Å². The molecule has 3 nitrogen and oxygen atoms in total. The van der Waals surface area contributed by atoms with Gasteiger partial charge in [0.05, 0.1) is 0 Å². The summed E-state index contributed by atoms with van der Waals surface area (Å²) in [6.45, 7) is 1.55. The minimum Gasteiger partial charge on any atom is -0.220 e. The molecule has 0 aliphatic carbocycles. The van der Waals surface area contributed by atoms with E-state index < -0.39 is 11.7 Å². The zero-order valence-corrected chi connectivity index (χ0v) is 7.21. The van der Waals surface area contributed by atoms with Crippen LogP contribution in [0.15, 0.2) is 18.3 Å². The second kappa shape index (κ2) is 2.70. The first kappa shape index (κ1) is 8.98. The van der Waals surface area contributed by atoms with E-state index in [1.54, 1.807) is 6.92 Å². The van der Waals surface area contributed by atoms with Crippen molar-refractivity contribution in [1.82, 2.24) is 14.6 Å². The maximum Gasteiger partial charge on any atom is 0.420 e. The molecule has 0 saturated carbocycles. The van der Waals surface area contributed by atoms with E-state index >= 15 is 0 Å². The first-order valence-electron chi connectivity index (χ1n) is 3.87. The summed E-state index contributed by atoms with van der Waals surface area (Å²) in [6, 6.07) is 2.29. The molecule has 0 saturated heterocycles. The van der Waals surface area contributed by atoms with Crippen LogP contribution in [0.3, 0.4) is 0 Å². The molecule has 0 fully saturated rings. The molecule has 2 heterocycles. The normalized spacial score (nSPS) is 12.3. The van der Waals surface area contributed by atoms with Crippen molar-refractivity contribution in [1.29, 1.82) is 0 Å². The van der Waals surface area contributed by atoms with Crippen LogP contribution in [0.1, 0.15) is 11.4 Å². The molecule has 0 N–H and O–H groups in total. The number of nitrogens with zero attached hydrogens (tertiary/aromatic N) is 3. The summed E-state index contributed by atoms with van der Waals surface area (Å²) in [5.41, 5.74) is -0.918. The molecule has 0 aliphatic heterocycles. The highest BCUT2D eigenvalue weighted by molar-refractivity contribution is 5.48. The van der Waals surface area contributed by atoms with Gasteiger partial charge in [-0.25, -0.2) is 9.50 Å². The second-order valence-electron chi connectivity index (χ2n) is 2.85. The van der Waals surface area contributed by atoms with Gasteiger partial charge >= 0.3 is 6.18 Å². The first-order chi connectivity index (χ1) is 6.48. The highest BCUT2D eigenvalue weighted by Crippen LogP contribution is 2.31. The lowest BCUT2D eigenvalue weighted by molar-refractivity contribution is -0.136. The van der Waals surface area contributed by atoms with Gasteiger partial charge in [-0.3, -0.25) is 0 Å². The lowest BCUT2D eigenvalue weighted by Crippen LogP contribution is -2.07. The van der Waals surface area contributed by atoms with Crippen LogP contribution in [0.2, 0.25) is 0 Å². The smallest absolute Gasteiger partial charge is 0.220 e. The summed E-state index contributed by atoms with van der Waals surface area (Å²) in [5, 5.41) is 3.79. The van der Waals surface area contributed by atoms with Gasteiger partial charge in [0.1, 0.15) is 11.4 Å². The van der Waals surface area contributed by atoms with E-state index in [0.717, 1.165) is 10.6 Å². The van der Waals surface area contributed by atoms with Crippen LogP contribution < -0.4 is 0 Å². The predicted molar refractivity (Wildman–Crippen MR) is 42.7 cm³/mol. The van der Waals surface area contributed by atoms with Crippen molar-refractivity contribution < 1.29 is 13.2 Å². The minimum absolute atomic E-state index is 0.155. The topological polar surface area (TPSA) is 30.2 Å². The zero-order valence-electron chi connectivity index (χ0n) is 7.21. The van der Waals surface area contributed by atoms with Gasteiger partial charge in [0.15, 0.2) is 5.65 Å². The van der Waals surface area contributed by atoms with Crippen LogP contribution in [0.4, 0.5) is 13.2 Å². The van der Waals surface area contributed by atoms with Crippen molar-refractivity contribution >= 4 is 5.65 Å². The molecule has 0 radical (unpaired) electrons. The molecule has 2 aromatic heterocycles. The Bertz CT molecular complexity index is 472. The molecule has 0 aromatic carbocycles. The maximum absolute atomic E-state index is 12.4. The first-order valence-corrected chi connectivity index (χ1v) is 3.87. The van der Waals surface area contributed by atoms with Crippen LogP contribution >= 0.6 is 0 Å².